The smallest absolute Gasteiger partial charge is 0.131 e. The number of nitriles is 1. The van der Waals surface area contributed by atoms with Crippen LogP contribution in [0.3, 0.4) is 0 Å². The second kappa shape index (κ2) is 3.01. The molecule has 4 nitrogen and oxygen atoms in total. The van der Waals surface area contributed by atoms with Gasteiger partial charge in [-0.15, -0.1) is 4.91 Å². The van der Waals surface area contributed by atoms with Crippen molar-refractivity contribution in [3.63, 3.8) is 0 Å². The zero-order valence-corrected chi connectivity index (χ0v) is 6.53. The zero-order chi connectivity index (χ0) is 9.14. The van der Waals surface area contributed by atoms with Gasteiger partial charge in [0.2, 0.25) is 0 Å². The minimum atomic E-state index is 0.187. The van der Waals surface area contributed by atoms with Crippen LogP contribution in [0, 0.1) is 23.2 Å². The summed E-state index contributed by atoms with van der Waals surface area (Å²) >= 11 is 0. The average Bonchev–Trinajstić information content (AvgIpc) is 2.08. The van der Waals surface area contributed by atoms with Crippen LogP contribution in [0.25, 0.3) is 0 Å². The molecule has 4 heteroatoms. The predicted octanol–water partition coefficient (Wildman–Crippen LogP) is 1.85. The second-order valence-electron chi connectivity index (χ2n) is 2.43. The highest BCUT2D eigenvalue weighted by Gasteiger charge is 2.03. The zero-order valence-electron chi connectivity index (χ0n) is 6.53. The summed E-state index contributed by atoms with van der Waals surface area (Å²) < 4.78 is 0. The summed E-state index contributed by atoms with van der Waals surface area (Å²) in [7, 11) is 0. The Hall–Kier alpha value is -1.89. The van der Waals surface area contributed by atoms with E-state index < -0.39 is 0 Å². The fourth-order valence-corrected chi connectivity index (χ4v) is 0.909. The van der Waals surface area contributed by atoms with E-state index in [1.54, 1.807) is 6.92 Å². The number of nitrogens with zero attached hydrogens (tertiary/aromatic N) is 2. The molecular weight excluding hydrogens is 154 g/mol. The van der Waals surface area contributed by atoms with Crippen molar-refractivity contribution in [2.75, 3.05) is 5.73 Å². The summed E-state index contributed by atoms with van der Waals surface area (Å²) in [6.45, 7) is 1.73. The molecule has 0 aliphatic heterocycles. The largest absolute Gasteiger partial charge is 0.397 e. The molecule has 60 valence electrons. The molecule has 0 saturated heterocycles. The lowest BCUT2D eigenvalue weighted by Gasteiger charge is -2.00. The van der Waals surface area contributed by atoms with Crippen molar-refractivity contribution in [1.82, 2.24) is 0 Å². The van der Waals surface area contributed by atoms with Crippen LogP contribution in [0.1, 0.15) is 11.1 Å². The van der Waals surface area contributed by atoms with Gasteiger partial charge < -0.3 is 5.73 Å². The molecular formula is C8H7N3O. The fourth-order valence-electron chi connectivity index (χ4n) is 0.909. The summed E-state index contributed by atoms with van der Waals surface area (Å²) in [5.41, 5.74) is 7.04. The van der Waals surface area contributed by atoms with Crippen molar-refractivity contribution < 1.29 is 0 Å². The average molecular weight is 161 g/mol. The minimum absolute atomic E-state index is 0.187. The first-order valence-corrected chi connectivity index (χ1v) is 3.32. The van der Waals surface area contributed by atoms with E-state index in [1.165, 1.54) is 12.1 Å². The summed E-state index contributed by atoms with van der Waals surface area (Å²) in [4.78, 5) is 10.2. The lowest BCUT2D eigenvalue weighted by Crippen LogP contribution is -1.89. The van der Waals surface area contributed by atoms with E-state index in [9.17, 15) is 4.91 Å². The maximum absolute atomic E-state index is 10.2. The monoisotopic (exact) mass is 161 g/mol. The van der Waals surface area contributed by atoms with Gasteiger partial charge in [0.25, 0.3) is 0 Å². The molecule has 1 aromatic rings. The molecule has 1 aromatic carbocycles. The van der Waals surface area contributed by atoms with Crippen molar-refractivity contribution in [3.8, 4) is 6.07 Å². The van der Waals surface area contributed by atoms with E-state index in [1.807, 2.05) is 6.07 Å². The summed E-state index contributed by atoms with van der Waals surface area (Å²) in [6, 6.07) is 4.92. The van der Waals surface area contributed by atoms with Crippen LogP contribution in [0.5, 0.6) is 0 Å². The van der Waals surface area contributed by atoms with E-state index in [2.05, 4.69) is 5.18 Å². The van der Waals surface area contributed by atoms with Gasteiger partial charge in [0.1, 0.15) is 5.69 Å². The molecule has 12 heavy (non-hydrogen) atoms. The van der Waals surface area contributed by atoms with Crippen molar-refractivity contribution in [3.05, 3.63) is 28.2 Å². The molecule has 2 N–H and O–H groups in total. The number of hydrogen-bond donors (Lipinski definition) is 1. The molecule has 0 unspecified atom stereocenters. The number of anilines is 1. The molecule has 0 radical (unpaired) electrons. The third kappa shape index (κ3) is 1.25. The molecule has 0 fully saturated rings. The highest BCUT2D eigenvalue weighted by molar-refractivity contribution is 5.66. The van der Waals surface area contributed by atoms with Gasteiger partial charge in [0, 0.05) is 0 Å². The molecule has 0 atom stereocenters. The first kappa shape index (κ1) is 8.21. The van der Waals surface area contributed by atoms with Crippen molar-refractivity contribution in [1.29, 1.82) is 5.26 Å². The van der Waals surface area contributed by atoms with Gasteiger partial charge in [-0.05, 0) is 29.8 Å². The van der Waals surface area contributed by atoms with Crippen LogP contribution in [-0.2, 0) is 0 Å². The molecule has 0 aliphatic rings. The Morgan fingerprint density at radius 2 is 2.25 bits per heavy atom. The number of rotatable bonds is 1. The van der Waals surface area contributed by atoms with E-state index >= 15 is 0 Å². The second-order valence-corrected chi connectivity index (χ2v) is 2.43. The third-order valence-electron chi connectivity index (χ3n) is 1.59. The third-order valence-corrected chi connectivity index (χ3v) is 1.59. The van der Waals surface area contributed by atoms with E-state index in [4.69, 9.17) is 11.0 Å². The topological polar surface area (TPSA) is 79.2 Å². The van der Waals surface area contributed by atoms with Gasteiger partial charge in [-0.3, -0.25) is 0 Å². The number of hydrogen-bond acceptors (Lipinski definition) is 4. The molecule has 1 rings (SSSR count). The van der Waals surface area contributed by atoms with E-state index in [-0.39, 0.29) is 11.4 Å². The van der Waals surface area contributed by atoms with Gasteiger partial charge in [0.15, 0.2) is 0 Å². The Morgan fingerprint density at radius 1 is 1.58 bits per heavy atom. The van der Waals surface area contributed by atoms with Crippen LogP contribution in [0.2, 0.25) is 0 Å². The minimum Gasteiger partial charge on any atom is -0.397 e. The molecule has 0 heterocycles. The molecule has 0 amide bonds. The van der Waals surface area contributed by atoms with Crippen LogP contribution < -0.4 is 5.73 Å². The Labute approximate surface area is 69.6 Å². The van der Waals surface area contributed by atoms with Gasteiger partial charge in [-0.1, -0.05) is 0 Å². The molecule has 0 bridgehead atoms. The van der Waals surface area contributed by atoms with Gasteiger partial charge >= 0.3 is 0 Å². The molecule has 0 saturated carbocycles. The summed E-state index contributed by atoms with van der Waals surface area (Å²) in [5, 5.41) is 11.3. The first-order valence-electron chi connectivity index (χ1n) is 3.32. The van der Waals surface area contributed by atoms with E-state index in [0.717, 1.165) is 0 Å². The molecule has 0 spiro atoms. The predicted molar refractivity (Wildman–Crippen MR) is 45.8 cm³/mol. The number of nitrogens with two attached hydrogens (primary N) is 1. The Morgan fingerprint density at radius 3 is 2.75 bits per heavy atom. The first-order chi connectivity index (χ1) is 5.69. The fraction of sp³-hybridized carbons (Fsp3) is 0.125. The Kier molecular flexibility index (Phi) is 2.06. The van der Waals surface area contributed by atoms with Crippen molar-refractivity contribution >= 4 is 11.4 Å². The van der Waals surface area contributed by atoms with Gasteiger partial charge in [0.05, 0.1) is 17.3 Å². The van der Waals surface area contributed by atoms with Crippen molar-refractivity contribution in [2.24, 2.45) is 5.18 Å². The normalized spacial score (nSPS) is 9.00. The lowest BCUT2D eigenvalue weighted by molar-refractivity contribution is 1.37. The highest BCUT2D eigenvalue weighted by atomic mass is 16.3. The SMILES string of the molecule is Cc1cc(N=O)c(N)cc1C#N. The number of nitroso groups, excluding NO2 is 1. The van der Waals surface area contributed by atoms with Gasteiger partial charge in [-0.25, -0.2) is 0 Å². The van der Waals surface area contributed by atoms with Crippen LogP contribution >= 0.6 is 0 Å². The molecule has 0 aromatic heterocycles. The lowest BCUT2D eigenvalue weighted by atomic mass is 10.1. The number of nitrogen functional groups attached to an aromatic ring is 1. The van der Waals surface area contributed by atoms with Crippen LogP contribution in [-0.4, -0.2) is 0 Å². The quantitative estimate of drug-likeness (QED) is 0.504. The number of benzene rings is 1. The maximum atomic E-state index is 10.2. The molecule has 0 aliphatic carbocycles. The standard InChI is InChI=1S/C8H7N3O/c1-5-2-8(11-12)7(10)3-6(5)4-9/h2-3H,10H2,1H3. The highest BCUT2D eigenvalue weighted by Crippen LogP contribution is 2.25. The van der Waals surface area contributed by atoms with Crippen LogP contribution in [0.4, 0.5) is 11.4 Å². The van der Waals surface area contributed by atoms with Crippen LogP contribution in [0.15, 0.2) is 17.3 Å². The maximum Gasteiger partial charge on any atom is 0.131 e. The van der Waals surface area contributed by atoms with Crippen molar-refractivity contribution in [2.45, 2.75) is 6.92 Å². The summed E-state index contributed by atoms with van der Waals surface area (Å²) in [5.74, 6) is 0. The summed E-state index contributed by atoms with van der Waals surface area (Å²) in [6.07, 6.45) is 0. The van der Waals surface area contributed by atoms with E-state index in [0.29, 0.717) is 11.1 Å². The Bertz CT molecular complexity index is 365. The number of aryl methyl sites for hydroxylation is 1. The van der Waals surface area contributed by atoms with Gasteiger partial charge in [-0.2, -0.15) is 5.26 Å². The Balaban J connectivity index is 3.38.